The van der Waals surface area contributed by atoms with Gasteiger partial charge in [-0.3, -0.25) is 9.59 Å². The lowest BCUT2D eigenvalue weighted by molar-refractivity contribution is -0.156. The molecule has 32 heavy (non-hydrogen) atoms. The minimum absolute atomic E-state index is 0.112. The fourth-order valence-corrected chi connectivity index (χ4v) is 5.05. The van der Waals surface area contributed by atoms with Gasteiger partial charge in [0.1, 0.15) is 5.54 Å². The smallest absolute Gasteiger partial charge is 0.264 e. The Morgan fingerprint density at radius 3 is 2.53 bits per heavy atom. The summed E-state index contributed by atoms with van der Waals surface area (Å²) in [7, 11) is -4.18. The molecule has 1 aliphatic heterocycles. The first kappa shape index (κ1) is 21.5. The zero-order valence-electron chi connectivity index (χ0n) is 17.4. The Bertz CT molecular complexity index is 1370. The standard InChI is InChI=1S/C24H21N3O4S/c1-24(23(29)26-32(30,31)20-10-4-6-17(14-20)16-25)12-13-27(24)22(28)15-19-9-5-8-18-7-2-3-11-21(18)19/h2-11,14H,12-13,15H2,1H3,(H,26,29). The Balaban J connectivity index is 1.52. The van der Waals surface area contributed by atoms with Crippen LogP contribution in [-0.4, -0.2) is 37.2 Å². The fraction of sp³-hybridized carbons (Fsp3) is 0.208. The van der Waals surface area contributed by atoms with Crippen LogP contribution in [0.5, 0.6) is 0 Å². The molecule has 1 aliphatic rings. The van der Waals surface area contributed by atoms with E-state index < -0.39 is 21.5 Å². The number of nitrogens with one attached hydrogen (secondary N) is 1. The summed E-state index contributed by atoms with van der Waals surface area (Å²) in [6, 6.07) is 20.8. The van der Waals surface area contributed by atoms with Gasteiger partial charge in [0.2, 0.25) is 5.91 Å². The van der Waals surface area contributed by atoms with E-state index in [0.717, 1.165) is 16.3 Å². The highest BCUT2D eigenvalue weighted by atomic mass is 32.2. The normalized spacial score (nSPS) is 17.9. The fourth-order valence-electron chi connectivity index (χ4n) is 3.92. The molecule has 0 aromatic heterocycles. The molecule has 0 aliphatic carbocycles. The van der Waals surface area contributed by atoms with E-state index in [1.807, 2.05) is 48.5 Å². The Hall–Kier alpha value is -3.70. The molecule has 0 saturated carbocycles. The zero-order chi connectivity index (χ0) is 22.9. The number of hydrogen-bond donors (Lipinski definition) is 1. The number of carbonyl (C=O) groups excluding carboxylic acids is 2. The summed E-state index contributed by atoms with van der Waals surface area (Å²) >= 11 is 0. The molecular weight excluding hydrogens is 426 g/mol. The lowest BCUT2D eigenvalue weighted by atomic mass is 9.85. The number of nitriles is 1. The van der Waals surface area contributed by atoms with Crippen LogP contribution in [-0.2, 0) is 26.0 Å². The van der Waals surface area contributed by atoms with Gasteiger partial charge in [-0.25, -0.2) is 13.1 Å². The van der Waals surface area contributed by atoms with E-state index in [-0.39, 0.29) is 22.8 Å². The summed E-state index contributed by atoms with van der Waals surface area (Å²) in [5, 5.41) is 11.0. The highest BCUT2D eigenvalue weighted by molar-refractivity contribution is 7.90. The van der Waals surface area contributed by atoms with Crippen molar-refractivity contribution in [1.82, 2.24) is 9.62 Å². The summed E-state index contributed by atoms with van der Waals surface area (Å²) in [5.41, 5.74) is -0.243. The molecular formula is C24H21N3O4S. The van der Waals surface area contributed by atoms with E-state index in [9.17, 15) is 18.0 Å². The van der Waals surface area contributed by atoms with Crippen molar-refractivity contribution in [3.05, 3.63) is 77.9 Å². The molecule has 0 spiro atoms. The van der Waals surface area contributed by atoms with Gasteiger partial charge in [0.05, 0.1) is 22.9 Å². The third-order valence-corrected chi connectivity index (χ3v) is 7.26. The molecule has 1 fully saturated rings. The van der Waals surface area contributed by atoms with Crippen LogP contribution in [0.3, 0.4) is 0 Å². The Morgan fingerprint density at radius 1 is 1.09 bits per heavy atom. The van der Waals surface area contributed by atoms with E-state index in [1.54, 1.807) is 6.92 Å². The van der Waals surface area contributed by atoms with Crippen LogP contribution in [0.2, 0.25) is 0 Å². The number of nitrogens with zero attached hydrogens (tertiary/aromatic N) is 2. The second-order valence-electron chi connectivity index (χ2n) is 7.96. The van der Waals surface area contributed by atoms with Gasteiger partial charge in [-0.2, -0.15) is 5.26 Å². The highest BCUT2D eigenvalue weighted by Crippen LogP contribution is 2.32. The van der Waals surface area contributed by atoms with Crippen LogP contribution in [0.4, 0.5) is 0 Å². The topological polar surface area (TPSA) is 107 Å². The first-order chi connectivity index (χ1) is 15.2. The molecule has 1 saturated heterocycles. The molecule has 1 N–H and O–H groups in total. The molecule has 3 aromatic carbocycles. The minimum Gasteiger partial charge on any atom is -0.328 e. The third-order valence-electron chi connectivity index (χ3n) is 5.93. The average Bonchev–Trinajstić information content (AvgIpc) is 2.77. The molecule has 2 amide bonds. The van der Waals surface area contributed by atoms with Crippen molar-refractivity contribution in [3.8, 4) is 6.07 Å². The monoisotopic (exact) mass is 447 g/mol. The Kier molecular flexibility index (Phi) is 5.45. The maximum absolute atomic E-state index is 13.0. The van der Waals surface area contributed by atoms with Crippen LogP contribution in [0.25, 0.3) is 10.8 Å². The van der Waals surface area contributed by atoms with Crippen LogP contribution in [0, 0.1) is 11.3 Å². The summed E-state index contributed by atoms with van der Waals surface area (Å²) < 4.78 is 27.4. The number of rotatable bonds is 5. The lowest BCUT2D eigenvalue weighted by Crippen LogP contribution is -2.68. The van der Waals surface area contributed by atoms with Gasteiger partial charge in [0.15, 0.2) is 0 Å². The quantitative estimate of drug-likeness (QED) is 0.647. The molecule has 8 heteroatoms. The van der Waals surface area contributed by atoms with Crippen molar-refractivity contribution in [3.63, 3.8) is 0 Å². The lowest BCUT2D eigenvalue weighted by Gasteiger charge is -2.49. The van der Waals surface area contributed by atoms with Crippen molar-refractivity contribution < 1.29 is 18.0 Å². The molecule has 1 unspecified atom stereocenters. The van der Waals surface area contributed by atoms with Gasteiger partial charge in [-0.15, -0.1) is 0 Å². The molecule has 1 heterocycles. The Morgan fingerprint density at radius 2 is 1.81 bits per heavy atom. The predicted molar refractivity (Wildman–Crippen MR) is 119 cm³/mol. The summed E-state index contributed by atoms with van der Waals surface area (Å²) in [5.74, 6) is -1.01. The largest absolute Gasteiger partial charge is 0.328 e. The van der Waals surface area contributed by atoms with Crippen molar-refractivity contribution in [2.45, 2.75) is 30.2 Å². The molecule has 162 valence electrons. The molecule has 4 rings (SSSR count). The van der Waals surface area contributed by atoms with Gasteiger partial charge >= 0.3 is 0 Å². The van der Waals surface area contributed by atoms with Gasteiger partial charge in [0.25, 0.3) is 15.9 Å². The highest BCUT2D eigenvalue weighted by Gasteiger charge is 2.50. The van der Waals surface area contributed by atoms with E-state index in [4.69, 9.17) is 5.26 Å². The number of amides is 2. The minimum atomic E-state index is -4.18. The van der Waals surface area contributed by atoms with E-state index in [2.05, 4.69) is 4.72 Å². The molecule has 3 aromatic rings. The second-order valence-corrected chi connectivity index (χ2v) is 9.64. The van der Waals surface area contributed by atoms with Crippen molar-refractivity contribution >= 4 is 32.6 Å². The van der Waals surface area contributed by atoms with Crippen LogP contribution in [0.15, 0.2) is 71.6 Å². The maximum atomic E-state index is 13.0. The van der Waals surface area contributed by atoms with Gasteiger partial charge in [0, 0.05) is 6.54 Å². The SMILES string of the molecule is CC1(C(=O)NS(=O)(=O)c2cccc(C#N)c2)CCN1C(=O)Cc1cccc2ccccc12. The zero-order valence-corrected chi connectivity index (χ0v) is 18.2. The number of fused-ring (bicyclic) bond motifs is 1. The van der Waals surface area contributed by atoms with Gasteiger partial charge in [-0.05, 0) is 47.9 Å². The number of likely N-dealkylation sites (tertiary alicyclic amines) is 1. The molecule has 0 bridgehead atoms. The molecule has 7 nitrogen and oxygen atoms in total. The van der Waals surface area contributed by atoms with Crippen molar-refractivity contribution in [1.29, 1.82) is 5.26 Å². The number of hydrogen-bond acceptors (Lipinski definition) is 5. The van der Waals surface area contributed by atoms with Crippen LogP contribution < -0.4 is 4.72 Å². The van der Waals surface area contributed by atoms with Gasteiger partial charge < -0.3 is 4.90 Å². The predicted octanol–water partition coefficient (Wildman–Crippen LogP) is 2.75. The van der Waals surface area contributed by atoms with Gasteiger partial charge in [-0.1, -0.05) is 48.5 Å². The number of carbonyl (C=O) groups is 2. The third kappa shape index (κ3) is 3.83. The Labute approximate surface area is 186 Å². The number of benzene rings is 3. The summed E-state index contributed by atoms with van der Waals surface area (Å²) in [6.45, 7) is 1.94. The van der Waals surface area contributed by atoms with Crippen molar-refractivity contribution in [2.75, 3.05) is 6.54 Å². The average molecular weight is 448 g/mol. The molecule has 0 radical (unpaired) electrons. The van der Waals surface area contributed by atoms with E-state index in [1.165, 1.54) is 29.2 Å². The summed E-state index contributed by atoms with van der Waals surface area (Å²) in [6.07, 6.45) is 0.467. The van der Waals surface area contributed by atoms with E-state index in [0.29, 0.717) is 13.0 Å². The van der Waals surface area contributed by atoms with Crippen LogP contribution in [0.1, 0.15) is 24.5 Å². The van der Waals surface area contributed by atoms with Crippen molar-refractivity contribution in [2.24, 2.45) is 0 Å². The first-order valence-electron chi connectivity index (χ1n) is 10.1. The number of sulfonamides is 1. The van der Waals surface area contributed by atoms with Crippen LogP contribution >= 0.6 is 0 Å². The summed E-state index contributed by atoms with van der Waals surface area (Å²) in [4.78, 5) is 27.2. The second kappa shape index (κ2) is 8.09. The maximum Gasteiger partial charge on any atom is 0.264 e. The van der Waals surface area contributed by atoms with E-state index >= 15 is 0 Å². The first-order valence-corrected chi connectivity index (χ1v) is 11.6. The molecule has 1 atom stereocenters.